The van der Waals surface area contributed by atoms with Crippen LogP contribution >= 0.6 is 15.9 Å². The standard InChI is InChI=1S/C10H8BrF3N4/c1-6(10(12,13)14)18-5-15-17-9(18)7-3-2-4-8(11)16-7/h2-6H,1H3/t6-/m0/s1. The molecular formula is C10H8BrF3N4. The third-order valence-electron chi connectivity index (χ3n) is 2.41. The Morgan fingerprint density at radius 2 is 2.06 bits per heavy atom. The molecule has 0 saturated carbocycles. The first kappa shape index (κ1) is 13.0. The molecule has 0 aliphatic rings. The normalized spacial score (nSPS) is 13.6. The van der Waals surface area contributed by atoms with Crippen LogP contribution in [-0.2, 0) is 0 Å². The zero-order chi connectivity index (χ0) is 13.3. The highest BCUT2D eigenvalue weighted by Gasteiger charge is 2.38. The Labute approximate surface area is 109 Å². The molecule has 0 N–H and O–H groups in total. The lowest BCUT2D eigenvalue weighted by atomic mass is 10.3. The molecule has 0 fully saturated rings. The monoisotopic (exact) mass is 320 g/mol. The van der Waals surface area contributed by atoms with Crippen LogP contribution in [0.2, 0.25) is 0 Å². The zero-order valence-corrected chi connectivity index (χ0v) is 10.8. The third-order valence-corrected chi connectivity index (χ3v) is 2.85. The second kappa shape index (κ2) is 4.68. The van der Waals surface area contributed by atoms with Crippen LogP contribution in [0.15, 0.2) is 29.1 Å². The topological polar surface area (TPSA) is 43.6 Å². The highest BCUT2D eigenvalue weighted by molar-refractivity contribution is 9.10. The predicted molar refractivity (Wildman–Crippen MR) is 61.7 cm³/mol. The number of hydrogen-bond acceptors (Lipinski definition) is 3. The van der Waals surface area contributed by atoms with E-state index in [2.05, 4.69) is 31.1 Å². The summed E-state index contributed by atoms with van der Waals surface area (Å²) in [4.78, 5) is 4.07. The van der Waals surface area contributed by atoms with Crippen LogP contribution in [-0.4, -0.2) is 25.9 Å². The van der Waals surface area contributed by atoms with Crippen molar-refractivity contribution < 1.29 is 13.2 Å². The fraction of sp³-hybridized carbons (Fsp3) is 0.300. The number of pyridine rings is 1. The van der Waals surface area contributed by atoms with E-state index < -0.39 is 12.2 Å². The van der Waals surface area contributed by atoms with Crippen molar-refractivity contribution >= 4 is 15.9 Å². The maximum atomic E-state index is 12.7. The molecule has 0 amide bonds. The third kappa shape index (κ3) is 2.53. The lowest BCUT2D eigenvalue weighted by molar-refractivity contribution is -0.162. The fourth-order valence-electron chi connectivity index (χ4n) is 1.40. The quantitative estimate of drug-likeness (QED) is 0.798. The van der Waals surface area contributed by atoms with Gasteiger partial charge in [0.05, 0.1) is 0 Å². The molecule has 0 aliphatic carbocycles. The van der Waals surface area contributed by atoms with E-state index in [0.29, 0.717) is 10.3 Å². The summed E-state index contributed by atoms with van der Waals surface area (Å²) in [5.41, 5.74) is 0.331. The summed E-state index contributed by atoms with van der Waals surface area (Å²) in [7, 11) is 0. The van der Waals surface area contributed by atoms with Crippen molar-refractivity contribution in [3.05, 3.63) is 29.1 Å². The highest BCUT2D eigenvalue weighted by Crippen LogP contribution is 2.32. The van der Waals surface area contributed by atoms with Crippen molar-refractivity contribution in [2.24, 2.45) is 0 Å². The Balaban J connectivity index is 2.45. The molecular weight excluding hydrogens is 313 g/mol. The molecule has 0 radical (unpaired) electrons. The van der Waals surface area contributed by atoms with Crippen LogP contribution in [0.5, 0.6) is 0 Å². The summed E-state index contributed by atoms with van der Waals surface area (Å²) in [5, 5.41) is 7.21. The fourth-order valence-corrected chi connectivity index (χ4v) is 1.74. The van der Waals surface area contributed by atoms with Gasteiger partial charge in [0.2, 0.25) is 0 Å². The molecule has 4 nitrogen and oxygen atoms in total. The highest BCUT2D eigenvalue weighted by atomic mass is 79.9. The van der Waals surface area contributed by atoms with Crippen LogP contribution in [0.4, 0.5) is 13.2 Å². The van der Waals surface area contributed by atoms with Crippen molar-refractivity contribution in [2.75, 3.05) is 0 Å². The maximum Gasteiger partial charge on any atom is 0.408 e. The first-order valence-electron chi connectivity index (χ1n) is 4.98. The van der Waals surface area contributed by atoms with Crippen molar-refractivity contribution in [3.8, 4) is 11.5 Å². The first-order valence-corrected chi connectivity index (χ1v) is 5.78. The molecule has 2 aromatic rings. The number of nitrogens with zero attached hydrogens (tertiary/aromatic N) is 4. The lowest BCUT2D eigenvalue weighted by Gasteiger charge is -2.18. The number of halogens is 4. The molecule has 1 atom stereocenters. The summed E-state index contributed by atoms with van der Waals surface area (Å²) in [6, 6.07) is 3.22. The predicted octanol–water partition coefficient (Wildman–Crippen LogP) is 3.23. The average molecular weight is 321 g/mol. The molecule has 2 aromatic heterocycles. The Hall–Kier alpha value is -1.44. The van der Waals surface area contributed by atoms with Crippen LogP contribution < -0.4 is 0 Å². The molecule has 0 unspecified atom stereocenters. The lowest BCUT2D eigenvalue weighted by Crippen LogP contribution is -2.24. The second-order valence-electron chi connectivity index (χ2n) is 3.62. The average Bonchev–Trinajstić information content (AvgIpc) is 2.75. The van der Waals surface area contributed by atoms with Crippen LogP contribution in [0, 0.1) is 0 Å². The largest absolute Gasteiger partial charge is 0.408 e. The van der Waals surface area contributed by atoms with Crippen LogP contribution in [0.3, 0.4) is 0 Å². The van der Waals surface area contributed by atoms with E-state index in [4.69, 9.17) is 0 Å². The van der Waals surface area contributed by atoms with Crippen LogP contribution in [0.25, 0.3) is 11.5 Å². The summed E-state index contributed by atoms with van der Waals surface area (Å²) in [5.74, 6) is 0.0844. The van der Waals surface area contributed by atoms with Gasteiger partial charge in [0, 0.05) is 0 Å². The molecule has 8 heteroatoms. The molecule has 0 bridgehead atoms. The smallest absolute Gasteiger partial charge is 0.300 e. The molecule has 2 rings (SSSR count). The molecule has 18 heavy (non-hydrogen) atoms. The zero-order valence-electron chi connectivity index (χ0n) is 9.19. The van der Waals surface area contributed by atoms with Crippen molar-refractivity contribution in [1.82, 2.24) is 19.7 Å². The Bertz CT molecular complexity index is 552. The van der Waals surface area contributed by atoms with E-state index in [1.165, 1.54) is 0 Å². The van der Waals surface area contributed by atoms with Gasteiger partial charge >= 0.3 is 6.18 Å². The molecule has 2 heterocycles. The molecule has 0 aliphatic heterocycles. The SMILES string of the molecule is C[C@H](n1cnnc1-c1cccc(Br)n1)C(F)(F)F. The Morgan fingerprint density at radius 3 is 2.67 bits per heavy atom. The number of aromatic nitrogens is 4. The van der Waals surface area contributed by atoms with Gasteiger partial charge in [-0.25, -0.2) is 4.98 Å². The minimum atomic E-state index is -4.36. The summed E-state index contributed by atoms with van der Waals surface area (Å²) in [6.07, 6.45) is -3.31. The van der Waals surface area contributed by atoms with Gasteiger partial charge in [-0.1, -0.05) is 6.07 Å². The summed E-state index contributed by atoms with van der Waals surface area (Å²) >= 11 is 3.16. The van der Waals surface area contributed by atoms with E-state index >= 15 is 0 Å². The van der Waals surface area contributed by atoms with Crippen LogP contribution in [0.1, 0.15) is 13.0 Å². The van der Waals surface area contributed by atoms with Gasteiger partial charge in [0.1, 0.15) is 22.7 Å². The van der Waals surface area contributed by atoms with Gasteiger partial charge in [0.25, 0.3) is 0 Å². The number of alkyl halides is 3. The van der Waals surface area contributed by atoms with Gasteiger partial charge < -0.3 is 4.57 Å². The Morgan fingerprint density at radius 1 is 1.33 bits per heavy atom. The minimum absolute atomic E-state index is 0.0844. The second-order valence-corrected chi connectivity index (χ2v) is 4.44. The first-order chi connectivity index (χ1) is 8.39. The summed E-state index contributed by atoms with van der Waals surface area (Å²) < 4.78 is 39.5. The van der Waals surface area contributed by atoms with Crippen molar-refractivity contribution in [3.63, 3.8) is 0 Å². The maximum absolute atomic E-state index is 12.7. The number of hydrogen-bond donors (Lipinski definition) is 0. The van der Waals surface area contributed by atoms with Gasteiger partial charge in [0.15, 0.2) is 5.82 Å². The van der Waals surface area contributed by atoms with Gasteiger partial charge in [-0.3, -0.25) is 0 Å². The Kier molecular flexibility index (Phi) is 3.38. The minimum Gasteiger partial charge on any atom is -0.300 e. The molecule has 0 saturated heterocycles. The summed E-state index contributed by atoms with van der Waals surface area (Å²) in [6.45, 7) is 1.05. The van der Waals surface area contributed by atoms with E-state index in [1.807, 2.05) is 0 Å². The van der Waals surface area contributed by atoms with Crippen molar-refractivity contribution in [2.45, 2.75) is 19.1 Å². The van der Waals surface area contributed by atoms with Gasteiger partial charge in [-0.05, 0) is 35.0 Å². The van der Waals surface area contributed by atoms with Crippen molar-refractivity contribution in [1.29, 1.82) is 0 Å². The molecule has 96 valence electrons. The number of rotatable bonds is 2. The van der Waals surface area contributed by atoms with Gasteiger partial charge in [-0.2, -0.15) is 13.2 Å². The van der Waals surface area contributed by atoms with E-state index in [9.17, 15) is 13.2 Å². The van der Waals surface area contributed by atoms with E-state index in [1.54, 1.807) is 18.2 Å². The van der Waals surface area contributed by atoms with E-state index in [0.717, 1.165) is 17.8 Å². The molecule has 0 spiro atoms. The van der Waals surface area contributed by atoms with E-state index in [-0.39, 0.29) is 5.82 Å². The molecule has 0 aromatic carbocycles. The van der Waals surface area contributed by atoms with Gasteiger partial charge in [-0.15, -0.1) is 10.2 Å².